The van der Waals surface area contributed by atoms with Crippen molar-refractivity contribution in [1.29, 1.82) is 0 Å². The zero-order chi connectivity index (χ0) is 21.0. The summed E-state index contributed by atoms with van der Waals surface area (Å²) in [5, 5.41) is 5.61. The zero-order valence-corrected chi connectivity index (χ0v) is 17.9. The number of nitrogens with one attached hydrogen (secondary N) is 1. The fraction of sp³-hybridized carbons (Fsp3) is 0.400. The molecule has 29 heavy (non-hydrogen) atoms. The van der Waals surface area contributed by atoms with Crippen molar-refractivity contribution in [3.63, 3.8) is 0 Å². The summed E-state index contributed by atoms with van der Waals surface area (Å²) in [5.41, 5.74) is 11.8. The minimum Gasteiger partial charge on any atom is -0.389 e. The molecule has 0 aliphatic carbocycles. The van der Waals surface area contributed by atoms with Crippen molar-refractivity contribution in [2.75, 3.05) is 17.8 Å². The molecule has 0 atom stereocenters. The van der Waals surface area contributed by atoms with E-state index >= 15 is 0 Å². The molecular weight excluding hydrogens is 388 g/mol. The van der Waals surface area contributed by atoms with Gasteiger partial charge in [0.15, 0.2) is 0 Å². The van der Waals surface area contributed by atoms with Gasteiger partial charge in [0.25, 0.3) is 5.56 Å². The predicted molar refractivity (Wildman–Crippen MR) is 119 cm³/mol. The minimum absolute atomic E-state index is 0.108. The molecule has 0 aliphatic heterocycles. The number of para-hydroxylation sites is 1. The highest BCUT2D eigenvalue weighted by atomic mass is 32.1. The van der Waals surface area contributed by atoms with Crippen LogP contribution in [0, 0.1) is 6.92 Å². The van der Waals surface area contributed by atoms with Crippen LogP contribution in [0.25, 0.3) is 10.9 Å². The summed E-state index contributed by atoms with van der Waals surface area (Å²) in [4.78, 5) is 17.6. The van der Waals surface area contributed by atoms with E-state index in [1.165, 1.54) is 11.5 Å². The van der Waals surface area contributed by atoms with Gasteiger partial charge in [-0.3, -0.25) is 9.36 Å². The van der Waals surface area contributed by atoms with E-state index in [1.54, 1.807) is 10.6 Å². The molecule has 8 nitrogen and oxygen atoms in total. The first-order valence-electron chi connectivity index (χ1n) is 9.52. The molecule has 154 valence electrons. The highest BCUT2D eigenvalue weighted by Gasteiger charge is 2.13. The van der Waals surface area contributed by atoms with Gasteiger partial charge in [-0.05, 0) is 57.8 Å². The molecule has 2 aromatic heterocycles. The second-order valence-corrected chi connectivity index (χ2v) is 7.80. The number of rotatable bonds is 8. The number of fused-ring (bicyclic) bond motifs is 1. The number of aryl methyl sites for hydroxylation is 1. The number of benzene rings is 1. The summed E-state index contributed by atoms with van der Waals surface area (Å²) >= 11 is 1.24. The summed E-state index contributed by atoms with van der Waals surface area (Å²) in [5.74, 6) is 0.386. The van der Waals surface area contributed by atoms with Crippen molar-refractivity contribution in [1.82, 2.24) is 13.9 Å². The molecule has 2 heterocycles. The minimum atomic E-state index is -0.108. The van der Waals surface area contributed by atoms with Crippen molar-refractivity contribution in [3.05, 3.63) is 45.9 Å². The lowest BCUT2D eigenvalue weighted by Crippen LogP contribution is -2.25. The third-order valence-corrected chi connectivity index (χ3v) is 5.18. The molecular formula is C20H26N6O2S. The third kappa shape index (κ3) is 4.80. The molecule has 3 N–H and O–H groups in total. The molecule has 0 aliphatic rings. The summed E-state index contributed by atoms with van der Waals surface area (Å²) in [7, 11) is 0. The molecule has 0 saturated carbocycles. The number of hydrogen-bond donors (Lipinski definition) is 2. The van der Waals surface area contributed by atoms with Crippen molar-refractivity contribution >= 4 is 39.1 Å². The molecule has 3 aromatic rings. The van der Waals surface area contributed by atoms with Gasteiger partial charge >= 0.3 is 0 Å². The Kier molecular flexibility index (Phi) is 6.60. The van der Waals surface area contributed by atoms with E-state index < -0.39 is 0 Å². The molecule has 3 rings (SSSR count). The number of aromatic nitrogens is 3. The fourth-order valence-corrected chi connectivity index (χ4v) is 3.73. The Morgan fingerprint density at radius 2 is 2.14 bits per heavy atom. The fourth-order valence-electron chi connectivity index (χ4n) is 3.02. The van der Waals surface area contributed by atoms with Crippen LogP contribution in [0.4, 0.5) is 10.9 Å². The van der Waals surface area contributed by atoms with E-state index in [-0.39, 0.29) is 11.7 Å². The van der Waals surface area contributed by atoms with E-state index in [4.69, 9.17) is 10.5 Å². The SMILES string of the molecule is C/C(=N/Nc1nc2ccccc2c(=O)n1CCCOC(C)C)c1c(C)nsc1N. The van der Waals surface area contributed by atoms with Crippen LogP contribution in [0.15, 0.2) is 34.2 Å². The second kappa shape index (κ2) is 9.15. The Morgan fingerprint density at radius 1 is 1.38 bits per heavy atom. The van der Waals surface area contributed by atoms with Crippen LogP contribution in [0.3, 0.4) is 0 Å². The third-order valence-electron chi connectivity index (χ3n) is 4.41. The van der Waals surface area contributed by atoms with E-state index in [2.05, 4.69) is 19.9 Å². The van der Waals surface area contributed by atoms with Crippen LogP contribution >= 0.6 is 11.5 Å². The Labute approximate surface area is 173 Å². The molecule has 0 unspecified atom stereocenters. The standard InChI is InChI=1S/C20H26N6O2S/c1-12(2)28-11-7-10-26-19(27)15-8-5-6-9-16(15)22-20(26)24-23-13(3)17-14(4)25-29-18(17)21/h5-6,8-9,12H,7,10-11,21H2,1-4H3,(H,22,24)/b23-13-. The summed E-state index contributed by atoms with van der Waals surface area (Å²) in [6.07, 6.45) is 0.843. The van der Waals surface area contributed by atoms with Crippen LogP contribution in [-0.2, 0) is 11.3 Å². The first kappa shape index (κ1) is 20.9. The van der Waals surface area contributed by atoms with Crippen LogP contribution < -0.4 is 16.7 Å². The lowest BCUT2D eigenvalue weighted by molar-refractivity contribution is 0.0748. The van der Waals surface area contributed by atoms with Gasteiger partial charge in [0, 0.05) is 13.2 Å². The molecule has 1 aromatic carbocycles. The van der Waals surface area contributed by atoms with Crippen LogP contribution in [-0.4, -0.2) is 32.3 Å². The average Bonchev–Trinajstić information content (AvgIpc) is 3.03. The normalized spacial score (nSPS) is 12.1. The highest BCUT2D eigenvalue weighted by molar-refractivity contribution is 7.10. The zero-order valence-electron chi connectivity index (χ0n) is 17.1. The number of nitrogen functional groups attached to an aromatic ring is 1. The summed E-state index contributed by atoms with van der Waals surface area (Å²) < 4.78 is 11.5. The quantitative estimate of drug-likeness (QED) is 0.332. The van der Waals surface area contributed by atoms with E-state index in [1.807, 2.05) is 45.9 Å². The second-order valence-electron chi connectivity index (χ2n) is 7.00. The van der Waals surface area contributed by atoms with Gasteiger partial charge < -0.3 is 10.5 Å². The topological polar surface area (TPSA) is 107 Å². The van der Waals surface area contributed by atoms with Gasteiger partial charge in [0.2, 0.25) is 5.95 Å². The Balaban J connectivity index is 1.93. The monoisotopic (exact) mass is 414 g/mol. The molecule has 0 saturated heterocycles. The molecule has 0 spiro atoms. The maximum absolute atomic E-state index is 13.0. The predicted octanol–water partition coefficient (Wildman–Crippen LogP) is 3.39. The number of nitrogens with two attached hydrogens (primary N) is 1. The number of nitrogens with zero attached hydrogens (tertiary/aromatic N) is 4. The molecule has 9 heteroatoms. The van der Waals surface area contributed by atoms with Crippen LogP contribution in [0.1, 0.15) is 38.4 Å². The smallest absolute Gasteiger partial charge is 0.262 e. The largest absolute Gasteiger partial charge is 0.389 e. The van der Waals surface area contributed by atoms with Crippen molar-refractivity contribution in [2.45, 2.75) is 46.8 Å². The number of hydrogen-bond acceptors (Lipinski definition) is 8. The maximum atomic E-state index is 13.0. The Hall–Kier alpha value is -2.78. The Morgan fingerprint density at radius 3 is 2.83 bits per heavy atom. The Bertz CT molecular complexity index is 1070. The van der Waals surface area contributed by atoms with Crippen LogP contribution in [0.2, 0.25) is 0 Å². The van der Waals surface area contributed by atoms with Gasteiger partial charge in [-0.2, -0.15) is 9.47 Å². The average molecular weight is 415 g/mol. The lowest BCUT2D eigenvalue weighted by atomic mass is 10.2. The molecule has 0 fully saturated rings. The summed E-state index contributed by atoms with van der Waals surface area (Å²) in [6.45, 7) is 8.75. The first-order chi connectivity index (χ1) is 13.9. The van der Waals surface area contributed by atoms with Crippen molar-refractivity contribution in [3.8, 4) is 0 Å². The number of anilines is 2. The van der Waals surface area contributed by atoms with E-state index in [0.717, 1.165) is 11.3 Å². The van der Waals surface area contributed by atoms with Gasteiger partial charge in [0.05, 0.1) is 34.0 Å². The van der Waals surface area contributed by atoms with Gasteiger partial charge in [-0.25, -0.2) is 10.4 Å². The lowest BCUT2D eigenvalue weighted by Gasteiger charge is -2.14. The maximum Gasteiger partial charge on any atom is 0.262 e. The first-order valence-corrected chi connectivity index (χ1v) is 10.3. The molecule has 0 bridgehead atoms. The molecule has 0 amide bonds. The van der Waals surface area contributed by atoms with E-state index in [9.17, 15) is 4.79 Å². The van der Waals surface area contributed by atoms with Crippen molar-refractivity contribution in [2.24, 2.45) is 5.10 Å². The van der Waals surface area contributed by atoms with Gasteiger partial charge in [-0.15, -0.1) is 0 Å². The number of hydrazone groups is 1. The van der Waals surface area contributed by atoms with E-state index in [0.29, 0.717) is 47.1 Å². The van der Waals surface area contributed by atoms with Gasteiger partial charge in [-0.1, -0.05) is 12.1 Å². The van der Waals surface area contributed by atoms with Crippen molar-refractivity contribution < 1.29 is 4.74 Å². The molecule has 0 radical (unpaired) electrons. The van der Waals surface area contributed by atoms with Crippen LogP contribution in [0.5, 0.6) is 0 Å². The van der Waals surface area contributed by atoms with Gasteiger partial charge in [0.1, 0.15) is 5.00 Å². The summed E-state index contributed by atoms with van der Waals surface area (Å²) in [6, 6.07) is 7.29. The number of ether oxygens (including phenoxy) is 1. The highest BCUT2D eigenvalue weighted by Crippen LogP contribution is 2.21.